The van der Waals surface area contributed by atoms with Gasteiger partial charge in [0.2, 0.25) is 0 Å². The van der Waals surface area contributed by atoms with Gasteiger partial charge in [-0.3, -0.25) is 10.1 Å². The molecule has 0 unspecified atom stereocenters. The molecule has 1 fully saturated rings. The summed E-state index contributed by atoms with van der Waals surface area (Å²) < 4.78 is 12.9. The predicted octanol–water partition coefficient (Wildman–Crippen LogP) is 3.52. The van der Waals surface area contributed by atoms with Gasteiger partial charge in [0.15, 0.2) is 0 Å². The van der Waals surface area contributed by atoms with Crippen molar-refractivity contribution in [2.75, 3.05) is 23.3 Å². The molecule has 26 heavy (non-hydrogen) atoms. The van der Waals surface area contributed by atoms with Gasteiger partial charge in [0, 0.05) is 42.6 Å². The number of carbonyl (C=O) groups excluding carboxylic acids is 1. The summed E-state index contributed by atoms with van der Waals surface area (Å²) in [4.78, 5) is 24.5. The summed E-state index contributed by atoms with van der Waals surface area (Å²) >= 11 is 0. The molecule has 0 aromatic heterocycles. The number of nitro groups is 1. The molecule has 8 heteroatoms. The van der Waals surface area contributed by atoms with E-state index in [2.05, 4.69) is 15.5 Å². The van der Waals surface area contributed by atoms with Crippen LogP contribution in [-0.4, -0.2) is 30.1 Å². The van der Waals surface area contributed by atoms with Crippen molar-refractivity contribution in [2.24, 2.45) is 0 Å². The zero-order valence-corrected chi connectivity index (χ0v) is 14.0. The van der Waals surface area contributed by atoms with Gasteiger partial charge in [-0.1, -0.05) is 0 Å². The second-order valence-corrected chi connectivity index (χ2v) is 6.14. The molecular weight excluding hydrogens is 339 g/mol. The molecule has 3 rings (SSSR count). The number of anilines is 2. The molecule has 0 aliphatic carbocycles. The predicted molar refractivity (Wildman–Crippen MR) is 96.9 cm³/mol. The zero-order chi connectivity index (χ0) is 18.5. The fourth-order valence-electron chi connectivity index (χ4n) is 2.95. The highest BCUT2D eigenvalue weighted by Gasteiger charge is 2.21. The van der Waals surface area contributed by atoms with E-state index in [4.69, 9.17) is 0 Å². The molecular formula is C18H19FN4O3. The molecule has 0 radical (unpaired) electrons. The molecule has 0 atom stereocenters. The minimum absolute atomic E-state index is 0.0461. The molecule has 2 amide bonds. The van der Waals surface area contributed by atoms with E-state index in [-0.39, 0.29) is 23.6 Å². The highest BCUT2D eigenvalue weighted by Crippen LogP contribution is 2.23. The Balaban J connectivity index is 1.48. The van der Waals surface area contributed by atoms with Crippen LogP contribution in [0.4, 0.5) is 26.2 Å². The summed E-state index contributed by atoms with van der Waals surface area (Å²) in [5.74, 6) is -0.352. The van der Waals surface area contributed by atoms with Crippen molar-refractivity contribution >= 4 is 23.1 Å². The zero-order valence-electron chi connectivity index (χ0n) is 14.0. The van der Waals surface area contributed by atoms with Crippen LogP contribution in [0.1, 0.15) is 12.8 Å². The highest BCUT2D eigenvalue weighted by atomic mass is 19.1. The van der Waals surface area contributed by atoms with Gasteiger partial charge in [0.1, 0.15) is 5.82 Å². The van der Waals surface area contributed by atoms with Gasteiger partial charge in [0.25, 0.3) is 5.69 Å². The maximum atomic E-state index is 12.9. The average Bonchev–Trinajstić information content (AvgIpc) is 2.64. The standard InChI is InChI=1S/C18H19FN4O3/c19-13-1-3-14(4-2-13)20-18(24)21-15-9-11-22(12-10-15)16-5-7-17(8-6-16)23(25)26/h1-8,15H,9-12H2,(H2,20,21,24). The number of nitro benzene ring substituents is 1. The molecule has 1 heterocycles. The van der Waals surface area contributed by atoms with Crippen LogP contribution in [0.5, 0.6) is 0 Å². The largest absolute Gasteiger partial charge is 0.371 e. The monoisotopic (exact) mass is 358 g/mol. The first kappa shape index (κ1) is 17.7. The summed E-state index contributed by atoms with van der Waals surface area (Å²) in [5, 5.41) is 16.3. The lowest BCUT2D eigenvalue weighted by Crippen LogP contribution is -2.46. The minimum atomic E-state index is -0.417. The van der Waals surface area contributed by atoms with Gasteiger partial charge in [-0.15, -0.1) is 0 Å². The van der Waals surface area contributed by atoms with E-state index in [9.17, 15) is 19.3 Å². The molecule has 2 aromatic carbocycles. The number of rotatable bonds is 4. The number of nitrogens with zero attached hydrogens (tertiary/aromatic N) is 2. The van der Waals surface area contributed by atoms with Crippen molar-refractivity contribution in [3.8, 4) is 0 Å². The molecule has 2 N–H and O–H groups in total. The number of non-ortho nitro benzene ring substituents is 1. The highest BCUT2D eigenvalue weighted by molar-refractivity contribution is 5.89. The van der Waals surface area contributed by atoms with Crippen molar-refractivity contribution < 1.29 is 14.1 Å². The Labute approximate surface area is 150 Å². The molecule has 136 valence electrons. The maximum Gasteiger partial charge on any atom is 0.319 e. The van der Waals surface area contributed by atoms with Crippen molar-refractivity contribution in [3.63, 3.8) is 0 Å². The quantitative estimate of drug-likeness (QED) is 0.647. The van der Waals surface area contributed by atoms with Crippen molar-refractivity contribution in [3.05, 3.63) is 64.5 Å². The Morgan fingerprint density at radius 1 is 1.08 bits per heavy atom. The Bertz CT molecular complexity index is 772. The smallest absolute Gasteiger partial charge is 0.319 e. The third kappa shape index (κ3) is 4.47. The fraction of sp³-hybridized carbons (Fsp3) is 0.278. The summed E-state index contributed by atoms with van der Waals surface area (Å²) in [6.45, 7) is 1.50. The van der Waals surface area contributed by atoms with Gasteiger partial charge < -0.3 is 15.5 Å². The van der Waals surface area contributed by atoms with Gasteiger partial charge >= 0.3 is 6.03 Å². The molecule has 0 spiro atoms. The molecule has 7 nitrogen and oxygen atoms in total. The maximum absolute atomic E-state index is 12.9. The SMILES string of the molecule is O=C(Nc1ccc(F)cc1)NC1CCN(c2ccc([N+](=O)[O-])cc2)CC1. The molecule has 0 saturated carbocycles. The Kier molecular flexibility index (Phi) is 5.31. The summed E-state index contributed by atoms with van der Waals surface area (Å²) in [5.41, 5.74) is 1.54. The van der Waals surface area contributed by atoms with Crippen LogP contribution < -0.4 is 15.5 Å². The van der Waals surface area contributed by atoms with Gasteiger partial charge in [-0.05, 0) is 49.2 Å². The number of piperidine rings is 1. The van der Waals surface area contributed by atoms with E-state index in [1.54, 1.807) is 12.1 Å². The number of amides is 2. The van der Waals surface area contributed by atoms with Crippen LogP contribution in [0, 0.1) is 15.9 Å². The number of urea groups is 1. The van der Waals surface area contributed by atoms with E-state index in [0.29, 0.717) is 5.69 Å². The van der Waals surface area contributed by atoms with Crippen LogP contribution in [-0.2, 0) is 0 Å². The summed E-state index contributed by atoms with van der Waals surface area (Å²) in [7, 11) is 0. The van der Waals surface area contributed by atoms with Crippen LogP contribution in [0.2, 0.25) is 0 Å². The van der Waals surface area contributed by atoms with Crippen molar-refractivity contribution in [1.82, 2.24) is 5.32 Å². The van der Waals surface area contributed by atoms with Gasteiger partial charge in [-0.2, -0.15) is 0 Å². The normalized spacial score (nSPS) is 14.7. The van der Waals surface area contributed by atoms with Crippen LogP contribution >= 0.6 is 0 Å². The van der Waals surface area contributed by atoms with Crippen LogP contribution in [0.15, 0.2) is 48.5 Å². The molecule has 1 aliphatic heterocycles. The summed E-state index contributed by atoms with van der Waals surface area (Å²) in [6.07, 6.45) is 1.54. The van der Waals surface area contributed by atoms with E-state index >= 15 is 0 Å². The lowest BCUT2D eigenvalue weighted by atomic mass is 10.0. The van der Waals surface area contributed by atoms with Crippen LogP contribution in [0.25, 0.3) is 0 Å². The third-order valence-electron chi connectivity index (χ3n) is 4.36. The van der Waals surface area contributed by atoms with E-state index in [0.717, 1.165) is 31.6 Å². The third-order valence-corrected chi connectivity index (χ3v) is 4.36. The first-order valence-corrected chi connectivity index (χ1v) is 8.34. The van der Waals surface area contributed by atoms with Crippen LogP contribution in [0.3, 0.4) is 0 Å². The van der Waals surface area contributed by atoms with E-state index in [1.807, 2.05) is 0 Å². The Hall–Kier alpha value is -3.16. The summed E-state index contributed by atoms with van der Waals surface area (Å²) in [6, 6.07) is 11.8. The fourth-order valence-corrected chi connectivity index (χ4v) is 2.95. The van der Waals surface area contributed by atoms with Crippen molar-refractivity contribution in [2.45, 2.75) is 18.9 Å². The molecule has 1 aliphatic rings. The number of nitrogens with one attached hydrogen (secondary N) is 2. The van der Waals surface area contributed by atoms with Crippen molar-refractivity contribution in [1.29, 1.82) is 0 Å². The molecule has 0 bridgehead atoms. The van der Waals surface area contributed by atoms with E-state index in [1.165, 1.54) is 36.4 Å². The number of carbonyl (C=O) groups is 1. The van der Waals surface area contributed by atoms with Gasteiger partial charge in [0.05, 0.1) is 4.92 Å². The topological polar surface area (TPSA) is 87.5 Å². The second kappa shape index (κ2) is 7.81. The van der Waals surface area contributed by atoms with Gasteiger partial charge in [-0.25, -0.2) is 9.18 Å². The Morgan fingerprint density at radius 3 is 2.27 bits per heavy atom. The lowest BCUT2D eigenvalue weighted by molar-refractivity contribution is -0.384. The lowest BCUT2D eigenvalue weighted by Gasteiger charge is -2.33. The molecule has 2 aromatic rings. The van der Waals surface area contributed by atoms with E-state index < -0.39 is 4.92 Å². The number of benzene rings is 2. The first-order chi connectivity index (χ1) is 12.5. The minimum Gasteiger partial charge on any atom is -0.371 e. The first-order valence-electron chi connectivity index (χ1n) is 8.34. The molecule has 1 saturated heterocycles. The average molecular weight is 358 g/mol. The number of halogens is 1. The number of hydrogen-bond donors (Lipinski definition) is 2. The Morgan fingerprint density at radius 2 is 1.69 bits per heavy atom. The number of hydrogen-bond acceptors (Lipinski definition) is 4. The second-order valence-electron chi connectivity index (χ2n) is 6.14.